The molecule has 35 heavy (non-hydrogen) atoms. The molecule has 0 unspecified atom stereocenters. The molecule has 0 aliphatic carbocycles. The number of amides is 3. The van der Waals surface area contributed by atoms with Crippen molar-refractivity contribution < 1.29 is 29.0 Å². The normalized spacial score (nSPS) is 21.5. The van der Waals surface area contributed by atoms with E-state index in [1.54, 1.807) is 27.8 Å². The maximum Gasteiger partial charge on any atom is 0.410 e. The SMILES string of the molecule is CCC[C@H](NC(=O)OC(C)(C)C)C(=O)N(C)[C@@H]1CC[C@H](C)N(C(=O)OCc2ccccc2)C[C@H]1O. The van der Waals surface area contributed by atoms with Crippen molar-refractivity contribution >= 4 is 18.1 Å². The molecule has 1 heterocycles. The van der Waals surface area contributed by atoms with Gasteiger partial charge in [0.2, 0.25) is 5.91 Å². The van der Waals surface area contributed by atoms with Crippen LogP contribution in [0.5, 0.6) is 0 Å². The van der Waals surface area contributed by atoms with Gasteiger partial charge in [-0.25, -0.2) is 9.59 Å². The van der Waals surface area contributed by atoms with Crippen molar-refractivity contribution in [2.75, 3.05) is 13.6 Å². The number of alkyl carbamates (subject to hydrolysis) is 1. The molecule has 1 aliphatic rings. The molecule has 4 atom stereocenters. The highest BCUT2D eigenvalue weighted by Gasteiger charge is 2.37. The number of hydrogen-bond donors (Lipinski definition) is 2. The van der Waals surface area contributed by atoms with Gasteiger partial charge in [0.25, 0.3) is 0 Å². The Bertz CT molecular complexity index is 841. The molecule has 1 fully saturated rings. The third kappa shape index (κ3) is 8.72. The van der Waals surface area contributed by atoms with Gasteiger partial charge in [-0.3, -0.25) is 4.79 Å². The summed E-state index contributed by atoms with van der Waals surface area (Å²) in [5.74, 6) is -0.297. The third-order valence-electron chi connectivity index (χ3n) is 6.09. The average molecular weight is 492 g/mol. The van der Waals surface area contributed by atoms with Crippen LogP contribution < -0.4 is 5.32 Å². The Morgan fingerprint density at radius 3 is 2.46 bits per heavy atom. The van der Waals surface area contributed by atoms with Crippen LogP contribution in [0.3, 0.4) is 0 Å². The number of rotatable bonds is 7. The fourth-order valence-corrected chi connectivity index (χ4v) is 4.18. The number of carbonyl (C=O) groups excluding carboxylic acids is 3. The Hall–Kier alpha value is -2.81. The van der Waals surface area contributed by atoms with Crippen LogP contribution in [0.25, 0.3) is 0 Å². The summed E-state index contributed by atoms with van der Waals surface area (Å²) in [6, 6.07) is 7.98. The summed E-state index contributed by atoms with van der Waals surface area (Å²) in [5.41, 5.74) is 0.202. The summed E-state index contributed by atoms with van der Waals surface area (Å²) in [6.45, 7) is 9.31. The second kappa shape index (κ2) is 12.8. The van der Waals surface area contributed by atoms with Crippen LogP contribution in [-0.4, -0.2) is 76.4 Å². The highest BCUT2D eigenvalue weighted by Crippen LogP contribution is 2.23. The Morgan fingerprint density at radius 2 is 1.86 bits per heavy atom. The molecule has 1 saturated heterocycles. The lowest BCUT2D eigenvalue weighted by atomic mass is 10.0. The number of benzene rings is 1. The van der Waals surface area contributed by atoms with Crippen LogP contribution in [0.2, 0.25) is 0 Å². The van der Waals surface area contributed by atoms with Gasteiger partial charge >= 0.3 is 12.2 Å². The van der Waals surface area contributed by atoms with Crippen LogP contribution in [-0.2, 0) is 20.9 Å². The van der Waals surface area contributed by atoms with Crippen LogP contribution in [0, 0.1) is 0 Å². The fraction of sp³-hybridized carbons (Fsp3) is 0.654. The quantitative estimate of drug-likeness (QED) is 0.602. The number of aliphatic hydroxyl groups is 1. The Kier molecular flexibility index (Phi) is 10.4. The van der Waals surface area contributed by atoms with E-state index in [1.807, 2.05) is 44.2 Å². The van der Waals surface area contributed by atoms with E-state index < -0.39 is 36.0 Å². The Balaban J connectivity index is 2.03. The molecule has 2 N–H and O–H groups in total. The van der Waals surface area contributed by atoms with Crippen LogP contribution >= 0.6 is 0 Å². The van der Waals surface area contributed by atoms with Gasteiger partial charge in [0.15, 0.2) is 0 Å². The lowest BCUT2D eigenvalue weighted by Gasteiger charge is -2.34. The molecule has 1 aliphatic heterocycles. The molecule has 9 nitrogen and oxygen atoms in total. The summed E-state index contributed by atoms with van der Waals surface area (Å²) < 4.78 is 10.8. The zero-order valence-electron chi connectivity index (χ0n) is 21.8. The molecule has 9 heteroatoms. The van der Waals surface area contributed by atoms with Gasteiger partial charge in [0, 0.05) is 13.1 Å². The molecule has 0 aromatic heterocycles. The second-order valence-electron chi connectivity index (χ2n) is 10.2. The summed E-state index contributed by atoms with van der Waals surface area (Å²) in [5, 5.41) is 13.7. The maximum atomic E-state index is 13.3. The molecule has 0 radical (unpaired) electrons. The van der Waals surface area contributed by atoms with Gasteiger partial charge in [0.1, 0.15) is 18.2 Å². The van der Waals surface area contributed by atoms with Crippen molar-refractivity contribution in [2.45, 2.75) is 96.7 Å². The van der Waals surface area contributed by atoms with Crippen LogP contribution in [0.1, 0.15) is 65.9 Å². The highest BCUT2D eigenvalue weighted by molar-refractivity contribution is 5.85. The number of likely N-dealkylation sites (N-methyl/N-ethyl adjacent to an activating group) is 1. The number of carbonyl (C=O) groups is 3. The lowest BCUT2D eigenvalue weighted by Crippen LogP contribution is -2.54. The second-order valence-corrected chi connectivity index (χ2v) is 10.2. The average Bonchev–Trinajstić information content (AvgIpc) is 2.93. The van der Waals surface area contributed by atoms with E-state index in [0.29, 0.717) is 25.7 Å². The molecule has 1 aromatic carbocycles. The number of β-amino-alcohol motifs (C(OH)–C–C–N with tert-alkyl or cyclic N) is 1. The fourth-order valence-electron chi connectivity index (χ4n) is 4.18. The smallest absolute Gasteiger partial charge is 0.410 e. The van der Waals surface area contributed by atoms with Crippen molar-refractivity contribution in [2.24, 2.45) is 0 Å². The predicted molar refractivity (Wildman–Crippen MR) is 133 cm³/mol. The number of nitrogens with one attached hydrogen (secondary N) is 1. The van der Waals surface area contributed by atoms with E-state index in [2.05, 4.69) is 5.32 Å². The van der Waals surface area contributed by atoms with Crippen molar-refractivity contribution in [3.63, 3.8) is 0 Å². The van der Waals surface area contributed by atoms with Gasteiger partial charge in [0.05, 0.1) is 18.7 Å². The molecule has 3 amide bonds. The molecular formula is C26H41N3O6. The third-order valence-corrected chi connectivity index (χ3v) is 6.09. The minimum Gasteiger partial charge on any atom is -0.445 e. The van der Waals surface area contributed by atoms with Crippen molar-refractivity contribution in [1.82, 2.24) is 15.1 Å². The summed E-state index contributed by atoms with van der Waals surface area (Å²) in [6.07, 6.45) is 0.133. The summed E-state index contributed by atoms with van der Waals surface area (Å²) in [4.78, 5) is 41.4. The van der Waals surface area contributed by atoms with Gasteiger partial charge in [-0.05, 0) is 52.5 Å². The van der Waals surface area contributed by atoms with E-state index in [9.17, 15) is 19.5 Å². The van der Waals surface area contributed by atoms with E-state index in [0.717, 1.165) is 5.56 Å². The zero-order valence-corrected chi connectivity index (χ0v) is 21.8. The van der Waals surface area contributed by atoms with Crippen LogP contribution in [0.15, 0.2) is 30.3 Å². The van der Waals surface area contributed by atoms with Crippen LogP contribution in [0.4, 0.5) is 9.59 Å². The molecule has 1 aromatic rings. The summed E-state index contributed by atoms with van der Waals surface area (Å²) in [7, 11) is 1.63. The molecule has 196 valence electrons. The molecule has 0 bridgehead atoms. The van der Waals surface area contributed by atoms with Gasteiger partial charge in [-0.1, -0.05) is 43.7 Å². The molecule has 0 spiro atoms. The minimum atomic E-state index is -0.957. The van der Waals surface area contributed by atoms with Gasteiger partial charge < -0.3 is 29.7 Å². The number of likely N-dealkylation sites (tertiary alicyclic amines) is 1. The molecular weight excluding hydrogens is 450 g/mol. The number of ether oxygens (including phenoxy) is 2. The Morgan fingerprint density at radius 1 is 1.20 bits per heavy atom. The van der Waals surface area contributed by atoms with E-state index >= 15 is 0 Å². The molecule has 2 rings (SSSR count). The maximum absolute atomic E-state index is 13.3. The monoisotopic (exact) mass is 491 g/mol. The van der Waals surface area contributed by atoms with Gasteiger partial charge in [-0.2, -0.15) is 0 Å². The first-order valence-corrected chi connectivity index (χ1v) is 12.3. The standard InChI is InChI=1S/C26H41N3O6/c1-7-11-20(27-24(32)35-26(3,4)5)23(31)28(6)21-15-14-18(2)29(16-22(21)30)25(33)34-17-19-12-9-8-10-13-19/h8-10,12-13,18,20-22,30H,7,11,14-17H2,1-6H3,(H,27,32)/t18-,20-,21+,22+/m0/s1. The largest absolute Gasteiger partial charge is 0.445 e. The van der Waals surface area contributed by atoms with Crippen molar-refractivity contribution in [3.8, 4) is 0 Å². The zero-order chi connectivity index (χ0) is 26.2. The minimum absolute atomic E-state index is 0.0506. The van der Waals surface area contributed by atoms with E-state index in [1.165, 1.54) is 9.80 Å². The topological polar surface area (TPSA) is 108 Å². The first kappa shape index (κ1) is 28.4. The predicted octanol–water partition coefficient (Wildman–Crippen LogP) is 3.69. The number of hydrogen-bond acceptors (Lipinski definition) is 6. The van der Waals surface area contributed by atoms with E-state index in [-0.39, 0.29) is 25.1 Å². The molecule has 0 saturated carbocycles. The van der Waals surface area contributed by atoms with Crippen molar-refractivity contribution in [3.05, 3.63) is 35.9 Å². The first-order valence-electron chi connectivity index (χ1n) is 12.3. The highest BCUT2D eigenvalue weighted by atomic mass is 16.6. The van der Waals surface area contributed by atoms with E-state index in [4.69, 9.17) is 9.47 Å². The van der Waals surface area contributed by atoms with Crippen molar-refractivity contribution in [1.29, 1.82) is 0 Å². The summed E-state index contributed by atoms with van der Waals surface area (Å²) >= 11 is 0. The number of aliphatic hydroxyl groups excluding tert-OH is 1. The number of nitrogens with zero attached hydrogens (tertiary/aromatic N) is 2. The van der Waals surface area contributed by atoms with Gasteiger partial charge in [-0.15, -0.1) is 0 Å². The lowest BCUT2D eigenvalue weighted by molar-refractivity contribution is -0.137. The first-order chi connectivity index (χ1) is 16.4. The Labute approximate surface area is 208 Å².